The molecule has 1 amide bonds. The Labute approximate surface area is 137 Å². The van der Waals surface area contributed by atoms with Crippen LogP contribution >= 0.6 is 0 Å². The van der Waals surface area contributed by atoms with Crippen LogP contribution in [-0.4, -0.2) is 56.2 Å². The molecular formula is C16H26N4O3. The van der Waals surface area contributed by atoms with Crippen molar-refractivity contribution in [3.63, 3.8) is 0 Å². The summed E-state index contributed by atoms with van der Waals surface area (Å²) in [4.78, 5) is 18.3. The van der Waals surface area contributed by atoms with Crippen molar-refractivity contribution in [1.82, 2.24) is 15.5 Å². The van der Waals surface area contributed by atoms with Crippen LogP contribution < -0.4 is 10.6 Å². The number of hydrogen-bond acceptors (Lipinski definition) is 4. The molecule has 2 N–H and O–H groups in total. The predicted octanol–water partition coefficient (Wildman–Crippen LogP) is 0.972. The summed E-state index contributed by atoms with van der Waals surface area (Å²) >= 11 is 0. The van der Waals surface area contributed by atoms with Gasteiger partial charge in [0.15, 0.2) is 5.96 Å². The summed E-state index contributed by atoms with van der Waals surface area (Å²) in [5, 5.41) is 5.91. The number of carbonyl (C=O) groups is 1. The molecule has 23 heavy (non-hydrogen) atoms. The zero-order valence-corrected chi connectivity index (χ0v) is 13.9. The average molecular weight is 322 g/mol. The van der Waals surface area contributed by atoms with Crippen LogP contribution in [-0.2, 0) is 16.1 Å². The summed E-state index contributed by atoms with van der Waals surface area (Å²) in [5.41, 5.74) is 0. The summed E-state index contributed by atoms with van der Waals surface area (Å²) in [6, 6.07) is 3.63. The Morgan fingerprint density at radius 2 is 2.22 bits per heavy atom. The first-order valence-electron chi connectivity index (χ1n) is 8.09. The monoisotopic (exact) mass is 322 g/mol. The standard InChI is InChI=1S/C16H26N4O3/c1-3-22-13-6-8-20(9-7-13)16(17-2)19-12-15(21)18-11-14-5-4-10-23-14/h4-5,10,13H,3,6-9,11-12H2,1-2H3,(H,17,19)(H,18,21). The van der Waals surface area contributed by atoms with Gasteiger partial charge in [0, 0.05) is 26.7 Å². The quantitative estimate of drug-likeness (QED) is 0.603. The number of nitrogens with one attached hydrogen (secondary N) is 2. The summed E-state index contributed by atoms with van der Waals surface area (Å²) in [5.74, 6) is 1.40. The molecule has 0 spiro atoms. The van der Waals surface area contributed by atoms with Crippen molar-refractivity contribution in [3.8, 4) is 0 Å². The highest BCUT2D eigenvalue weighted by Crippen LogP contribution is 2.13. The second-order valence-corrected chi connectivity index (χ2v) is 5.40. The highest BCUT2D eigenvalue weighted by molar-refractivity contribution is 5.86. The van der Waals surface area contributed by atoms with Gasteiger partial charge in [-0.05, 0) is 31.9 Å². The third-order valence-corrected chi connectivity index (χ3v) is 3.80. The molecule has 1 saturated heterocycles. The largest absolute Gasteiger partial charge is 0.467 e. The Balaban J connectivity index is 1.69. The molecule has 1 aliphatic heterocycles. The average Bonchev–Trinajstić information content (AvgIpc) is 3.09. The second kappa shape index (κ2) is 9.19. The minimum absolute atomic E-state index is 0.0910. The minimum Gasteiger partial charge on any atom is -0.467 e. The second-order valence-electron chi connectivity index (χ2n) is 5.40. The number of ether oxygens (including phenoxy) is 1. The fraction of sp³-hybridized carbons (Fsp3) is 0.625. The number of furan rings is 1. The molecule has 0 radical (unpaired) electrons. The minimum atomic E-state index is -0.0910. The Morgan fingerprint density at radius 1 is 1.43 bits per heavy atom. The Hall–Kier alpha value is -2.02. The van der Waals surface area contributed by atoms with E-state index in [1.165, 1.54) is 0 Å². The van der Waals surface area contributed by atoms with Crippen LogP contribution in [0.2, 0.25) is 0 Å². The molecule has 0 saturated carbocycles. The lowest BCUT2D eigenvalue weighted by Gasteiger charge is -2.33. The molecule has 1 aliphatic rings. The van der Waals surface area contributed by atoms with E-state index in [1.54, 1.807) is 19.4 Å². The van der Waals surface area contributed by atoms with Gasteiger partial charge >= 0.3 is 0 Å². The van der Waals surface area contributed by atoms with Crippen LogP contribution in [0.5, 0.6) is 0 Å². The lowest BCUT2D eigenvalue weighted by molar-refractivity contribution is -0.120. The molecule has 1 aromatic rings. The number of hydrogen-bond donors (Lipinski definition) is 2. The molecular weight excluding hydrogens is 296 g/mol. The fourth-order valence-electron chi connectivity index (χ4n) is 2.62. The molecule has 7 heteroatoms. The van der Waals surface area contributed by atoms with Gasteiger partial charge in [0.2, 0.25) is 5.91 Å². The number of aliphatic imine (C=N–C) groups is 1. The number of carbonyl (C=O) groups excluding carboxylic acids is 1. The van der Waals surface area contributed by atoms with Gasteiger partial charge in [0.05, 0.1) is 25.5 Å². The first kappa shape index (κ1) is 17.3. The van der Waals surface area contributed by atoms with Crippen LogP contribution in [0.1, 0.15) is 25.5 Å². The molecule has 1 aromatic heterocycles. The van der Waals surface area contributed by atoms with Crippen molar-refractivity contribution in [2.75, 3.05) is 33.3 Å². The molecule has 0 unspecified atom stereocenters. The van der Waals surface area contributed by atoms with Crippen molar-refractivity contribution >= 4 is 11.9 Å². The number of nitrogens with zero attached hydrogens (tertiary/aromatic N) is 2. The first-order valence-corrected chi connectivity index (χ1v) is 8.09. The number of likely N-dealkylation sites (tertiary alicyclic amines) is 1. The zero-order valence-electron chi connectivity index (χ0n) is 13.9. The lowest BCUT2D eigenvalue weighted by Crippen LogP contribution is -2.49. The molecule has 0 aliphatic carbocycles. The molecule has 7 nitrogen and oxygen atoms in total. The maximum atomic E-state index is 11.9. The molecule has 1 fully saturated rings. The van der Waals surface area contributed by atoms with Crippen LogP contribution in [0.4, 0.5) is 0 Å². The molecule has 0 aromatic carbocycles. The normalized spacial score (nSPS) is 16.4. The van der Waals surface area contributed by atoms with E-state index in [4.69, 9.17) is 9.15 Å². The fourth-order valence-corrected chi connectivity index (χ4v) is 2.62. The summed E-state index contributed by atoms with van der Waals surface area (Å²) in [6.45, 7) is 5.14. The summed E-state index contributed by atoms with van der Waals surface area (Å²) < 4.78 is 10.8. The van der Waals surface area contributed by atoms with Gasteiger partial charge in [-0.1, -0.05) is 0 Å². The third-order valence-electron chi connectivity index (χ3n) is 3.80. The van der Waals surface area contributed by atoms with E-state index < -0.39 is 0 Å². The van der Waals surface area contributed by atoms with Crippen molar-refractivity contribution in [2.45, 2.75) is 32.4 Å². The van der Waals surface area contributed by atoms with E-state index in [1.807, 2.05) is 13.0 Å². The van der Waals surface area contributed by atoms with Gasteiger partial charge in [-0.25, -0.2) is 0 Å². The maximum Gasteiger partial charge on any atom is 0.239 e. The number of piperidine rings is 1. The van der Waals surface area contributed by atoms with Gasteiger partial charge in [-0.3, -0.25) is 9.79 Å². The first-order chi connectivity index (χ1) is 11.2. The number of guanidine groups is 1. The summed E-state index contributed by atoms with van der Waals surface area (Å²) in [7, 11) is 1.73. The highest BCUT2D eigenvalue weighted by atomic mass is 16.5. The van der Waals surface area contributed by atoms with Gasteiger partial charge in [-0.15, -0.1) is 0 Å². The smallest absolute Gasteiger partial charge is 0.239 e. The zero-order chi connectivity index (χ0) is 16.5. The van der Waals surface area contributed by atoms with Gasteiger partial charge < -0.3 is 24.7 Å². The van der Waals surface area contributed by atoms with Crippen molar-refractivity contribution in [3.05, 3.63) is 24.2 Å². The highest BCUT2D eigenvalue weighted by Gasteiger charge is 2.21. The molecule has 0 atom stereocenters. The summed E-state index contributed by atoms with van der Waals surface area (Å²) in [6.07, 6.45) is 3.90. The SMILES string of the molecule is CCOC1CCN(C(=NC)NCC(=O)NCc2ccco2)CC1. The topological polar surface area (TPSA) is 79.1 Å². The Morgan fingerprint density at radius 3 is 2.83 bits per heavy atom. The molecule has 0 bridgehead atoms. The van der Waals surface area contributed by atoms with E-state index in [0.717, 1.165) is 44.3 Å². The van der Waals surface area contributed by atoms with E-state index in [0.29, 0.717) is 12.6 Å². The van der Waals surface area contributed by atoms with E-state index in [2.05, 4.69) is 20.5 Å². The van der Waals surface area contributed by atoms with Crippen LogP contribution in [0.25, 0.3) is 0 Å². The van der Waals surface area contributed by atoms with E-state index >= 15 is 0 Å². The molecule has 2 heterocycles. The number of amides is 1. The molecule has 2 rings (SSSR count). The third kappa shape index (κ3) is 5.59. The van der Waals surface area contributed by atoms with Gasteiger partial charge in [0.25, 0.3) is 0 Å². The van der Waals surface area contributed by atoms with Gasteiger partial charge in [0.1, 0.15) is 5.76 Å². The van der Waals surface area contributed by atoms with Crippen molar-refractivity contribution in [2.24, 2.45) is 4.99 Å². The lowest BCUT2D eigenvalue weighted by atomic mass is 10.1. The van der Waals surface area contributed by atoms with E-state index in [9.17, 15) is 4.79 Å². The maximum absolute atomic E-state index is 11.9. The van der Waals surface area contributed by atoms with Gasteiger partial charge in [-0.2, -0.15) is 0 Å². The van der Waals surface area contributed by atoms with Crippen molar-refractivity contribution < 1.29 is 13.9 Å². The van der Waals surface area contributed by atoms with Crippen LogP contribution in [0, 0.1) is 0 Å². The van der Waals surface area contributed by atoms with Crippen molar-refractivity contribution in [1.29, 1.82) is 0 Å². The molecule has 128 valence electrons. The number of rotatable bonds is 6. The van der Waals surface area contributed by atoms with Crippen LogP contribution in [0.15, 0.2) is 27.8 Å². The predicted molar refractivity (Wildman–Crippen MR) is 88.1 cm³/mol. The Kier molecular flexibility index (Phi) is 6.93. The Bertz CT molecular complexity index is 493. The van der Waals surface area contributed by atoms with Crippen LogP contribution in [0.3, 0.4) is 0 Å². The van der Waals surface area contributed by atoms with E-state index in [-0.39, 0.29) is 12.5 Å².